The summed E-state index contributed by atoms with van der Waals surface area (Å²) in [7, 11) is 1.42. The van der Waals surface area contributed by atoms with Gasteiger partial charge in [-0.15, -0.1) is 0 Å². The van der Waals surface area contributed by atoms with E-state index in [2.05, 4.69) is 5.32 Å². The van der Waals surface area contributed by atoms with Crippen LogP contribution in [0.3, 0.4) is 0 Å². The highest BCUT2D eigenvalue weighted by molar-refractivity contribution is 5.58. The molecule has 0 fully saturated rings. The molecule has 0 aromatic heterocycles. The molecule has 0 aliphatic rings. The second-order valence-electron chi connectivity index (χ2n) is 4.48. The third-order valence-electron chi connectivity index (χ3n) is 2.99. The molecule has 5 heteroatoms. The molecule has 2 aromatic rings. The van der Waals surface area contributed by atoms with Crippen LogP contribution in [0, 0.1) is 17.0 Å². The van der Waals surface area contributed by atoms with Gasteiger partial charge in [0, 0.05) is 18.3 Å². The van der Waals surface area contributed by atoms with Crippen molar-refractivity contribution >= 4 is 11.4 Å². The quantitative estimate of drug-likeness (QED) is 0.668. The maximum atomic E-state index is 10.9. The lowest BCUT2D eigenvalue weighted by Gasteiger charge is -2.08. The molecule has 2 rings (SSSR count). The average Bonchev–Trinajstić information content (AvgIpc) is 2.46. The molecule has 0 saturated carbocycles. The number of nitro groups is 1. The third kappa shape index (κ3) is 3.26. The Morgan fingerprint density at radius 2 is 1.90 bits per heavy atom. The molecule has 0 heterocycles. The highest BCUT2D eigenvalue weighted by atomic mass is 16.6. The number of benzene rings is 2. The second-order valence-corrected chi connectivity index (χ2v) is 4.48. The lowest BCUT2D eigenvalue weighted by molar-refractivity contribution is -0.385. The molecule has 0 atom stereocenters. The summed E-state index contributed by atoms with van der Waals surface area (Å²) < 4.78 is 4.97. The van der Waals surface area contributed by atoms with Crippen molar-refractivity contribution in [2.45, 2.75) is 13.5 Å². The van der Waals surface area contributed by atoms with E-state index >= 15 is 0 Å². The van der Waals surface area contributed by atoms with Gasteiger partial charge in [0.25, 0.3) is 0 Å². The monoisotopic (exact) mass is 272 g/mol. The number of anilines is 1. The predicted octanol–water partition coefficient (Wildman–Crippen LogP) is 3.52. The molecule has 104 valence electrons. The summed E-state index contributed by atoms with van der Waals surface area (Å²) in [5.74, 6) is 0.260. The van der Waals surface area contributed by atoms with Gasteiger partial charge in [0.15, 0.2) is 5.75 Å². The fourth-order valence-corrected chi connectivity index (χ4v) is 1.85. The molecule has 2 aromatic carbocycles. The van der Waals surface area contributed by atoms with Crippen molar-refractivity contribution in [1.82, 2.24) is 0 Å². The topological polar surface area (TPSA) is 64.4 Å². The highest BCUT2D eigenvalue weighted by Gasteiger charge is 2.14. The van der Waals surface area contributed by atoms with E-state index in [1.54, 1.807) is 12.1 Å². The van der Waals surface area contributed by atoms with Crippen LogP contribution in [0.15, 0.2) is 42.5 Å². The van der Waals surface area contributed by atoms with E-state index in [0.717, 1.165) is 5.56 Å². The first-order valence-corrected chi connectivity index (χ1v) is 6.22. The predicted molar refractivity (Wildman–Crippen MR) is 78.2 cm³/mol. The van der Waals surface area contributed by atoms with Crippen molar-refractivity contribution in [3.63, 3.8) is 0 Å². The minimum absolute atomic E-state index is 0.0404. The molecule has 0 saturated heterocycles. The van der Waals surface area contributed by atoms with Crippen molar-refractivity contribution in [1.29, 1.82) is 0 Å². The van der Waals surface area contributed by atoms with E-state index in [1.807, 2.05) is 31.2 Å². The van der Waals surface area contributed by atoms with Crippen LogP contribution in [-0.2, 0) is 6.54 Å². The zero-order valence-electron chi connectivity index (χ0n) is 11.4. The molecule has 5 nitrogen and oxygen atoms in total. The summed E-state index contributed by atoms with van der Waals surface area (Å²) in [6.45, 7) is 2.65. The van der Waals surface area contributed by atoms with Gasteiger partial charge in [-0.05, 0) is 24.6 Å². The highest BCUT2D eigenvalue weighted by Crippen LogP contribution is 2.29. The van der Waals surface area contributed by atoms with E-state index in [-0.39, 0.29) is 11.4 Å². The summed E-state index contributed by atoms with van der Waals surface area (Å²) in [6.07, 6.45) is 0. The zero-order chi connectivity index (χ0) is 14.5. The number of methoxy groups -OCH3 is 1. The van der Waals surface area contributed by atoms with Crippen LogP contribution in [0.1, 0.15) is 11.1 Å². The molecule has 0 spiro atoms. The maximum absolute atomic E-state index is 10.9. The minimum atomic E-state index is -0.449. The zero-order valence-corrected chi connectivity index (χ0v) is 11.4. The summed E-state index contributed by atoms with van der Waals surface area (Å²) in [5.41, 5.74) is 2.97. The Morgan fingerprint density at radius 1 is 1.20 bits per heavy atom. The number of rotatable bonds is 5. The molecular weight excluding hydrogens is 256 g/mol. The Morgan fingerprint density at radius 3 is 2.50 bits per heavy atom. The fraction of sp³-hybridized carbons (Fsp3) is 0.200. The van der Waals surface area contributed by atoms with Crippen molar-refractivity contribution in [3.8, 4) is 5.75 Å². The Hall–Kier alpha value is -2.56. The van der Waals surface area contributed by atoms with Crippen LogP contribution in [-0.4, -0.2) is 12.0 Å². The summed E-state index contributed by atoms with van der Waals surface area (Å²) >= 11 is 0. The first-order chi connectivity index (χ1) is 9.60. The van der Waals surface area contributed by atoms with Gasteiger partial charge in [-0.1, -0.05) is 29.8 Å². The number of aryl methyl sites for hydroxylation is 1. The summed E-state index contributed by atoms with van der Waals surface area (Å²) in [4.78, 5) is 10.5. The van der Waals surface area contributed by atoms with Gasteiger partial charge in [-0.3, -0.25) is 10.1 Å². The largest absolute Gasteiger partial charge is 0.490 e. The number of hydrogen-bond donors (Lipinski definition) is 1. The number of nitro benzene ring substituents is 1. The number of hydrogen-bond acceptors (Lipinski definition) is 4. The molecule has 0 aliphatic carbocycles. The van der Waals surface area contributed by atoms with Crippen LogP contribution < -0.4 is 10.1 Å². The molecule has 0 radical (unpaired) electrons. The molecule has 0 unspecified atom stereocenters. The van der Waals surface area contributed by atoms with Gasteiger partial charge in [-0.2, -0.15) is 0 Å². The second kappa shape index (κ2) is 6.06. The first-order valence-electron chi connectivity index (χ1n) is 6.22. The van der Waals surface area contributed by atoms with Crippen LogP contribution in [0.2, 0.25) is 0 Å². The summed E-state index contributed by atoms with van der Waals surface area (Å²) in [6, 6.07) is 13.0. The lowest BCUT2D eigenvalue weighted by atomic mass is 10.1. The van der Waals surface area contributed by atoms with E-state index < -0.39 is 4.92 Å². The van der Waals surface area contributed by atoms with Crippen LogP contribution in [0.5, 0.6) is 5.75 Å². The van der Waals surface area contributed by atoms with Crippen molar-refractivity contribution < 1.29 is 9.66 Å². The Labute approximate surface area is 117 Å². The van der Waals surface area contributed by atoms with Crippen molar-refractivity contribution in [2.24, 2.45) is 0 Å². The molecule has 0 bridgehead atoms. The van der Waals surface area contributed by atoms with Crippen molar-refractivity contribution in [3.05, 3.63) is 63.7 Å². The maximum Gasteiger partial charge on any atom is 0.312 e. The Balaban J connectivity index is 2.11. The molecule has 0 aliphatic heterocycles. The van der Waals surface area contributed by atoms with Gasteiger partial charge in [0.2, 0.25) is 0 Å². The van der Waals surface area contributed by atoms with Gasteiger partial charge in [0.05, 0.1) is 12.0 Å². The van der Waals surface area contributed by atoms with E-state index in [4.69, 9.17) is 4.74 Å². The third-order valence-corrected chi connectivity index (χ3v) is 2.99. The molecular formula is C15H16N2O3. The minimum Gasteiger partial charge on any atom is -0.490 e. The molecule has 0 amide bonds. The van der Waals surface area contributed by atoms with Gasteiger partial charge < -0.3 is 10.1 Å². The summed E-state index contributed by atoms with van der Waals surface area (Å²) in [5, 5.41) is 14.1. The first kappa shape index (κ1) is 13.9. The Kier molecular flexibility index (Phi) is 4.20. The van der Waals surface area contributed by atoms with E-state index in [9.17, 15) is 10.1 Å². The van der Waals surface area contributed by atoms with Gasteiger partial charge in [0.1, 0.15) is 0 Å². The van der Waals surface area contributed by atoms with E-state index in [1.165, 1.54) is 18.7 Å². The average molecular weight is 272 g/mol. The van der Waals surface area contributed by atoms with Gasteiger partial charge >= 0.3 is 5.69 Å². The molecule has 1 N–H and O–H groups in total. The lowest BCUT2D eigenvalue weighted by Crippen LogP contribution is -2.01. The van der Waals surface area contributed by atoms with Crippen molar-refractivity contribution in [2.75, 3.05) is 12.4 Å². The van der Waals surface area contributed by atoms with E-state index in [0.29, 0.717) is 12.2 Å². The normalized spacial score (nSPS) is 10.1. The van der Waals surface area contributed by atoms with Gasteiger partial charge in [-0.25, -0.2) is 0 Å². The SMILES string of the molecule is COc1ccc(NCc2ccc(C)cc2)cc1[N+](=O)[O-]. The number of nitrogens with one attached hydrogen (secondary N) is 1. The van der Waals surface area contributed by atoms with Crippen LogP contribution in [0.25, 0.3) is 0 Å². The number of nitrogens with zero attached hydrogens (tertiary/aromatic N) is 1. The Bertz CT molecular complexity index is 609. The van der Waals surface area contributed by atoms with Crippen LogP contribution >= 0.6 is 0 Å². The fourth-order valence-electron chi connectivity index (χ4n) is 1.85. The standard InChI is InChI=1S/C15H16N2O3/c1-11-3-5-12(6-4-11)10-16-13-7-8-15(20-2)14(9-13)17(18)19/h3-9,16H,10H2,1-2H3. The van der Waals surface area contributed by atoms with Crippen LogP contribution in [0.4, 0.5) is 11.4 Å². The smallest absolute Gasteiger partial charge is 0.312 e. The number of ether oxygens (including phenoxy) is 1. The molecule has 20 heavy (non-hydrogen) atoms.